The summed E-state index contributed by atoms with van der Waals surface area (Å²) >= 11 is 0. The summed E-state index contributed by atoms with van der Waals surface area (Å²) in [6.07, 6.45) is -1.26. The van der Waals surface area contributed by atoms with Crippen LogP contribution >= 0.6 is 0 Å². The Kier molecular flexibility index (Phi) is 2.60. The Bertz CT molecular complexity index is 442. The Morgan fingerprint density at radius 3 is 2.21 bits per heavy atom. The van der Waals surface area contributed by atoms with E-state index in [-0.39, 0.29) is 0 Å². The van der Waals surface area contributed by atoms with Gasteiger partial charge in [0.15, 0.2) is 12.0 Å². The number of halogens is 2. The van der Waals surface area contributed by atoms with Gasteiger partial charge in [0.25, 0.3) is 0 Å². The third kappa shape index (κ3) is 1.34. The molecule has 0 aromatic rings. The SMILES string of the molecule is N#C[C]1C=C(C#N)C(F)=C(C#N)C1F. The molecule has 0 saturated heterocycles. The molecule has 0 saturated carbocycles. The van der Waals surface area contributed by atoms with Crippen LogP contribution in [0.2, 0.25) is 0 Å². The van der Waals surface area contributed by atoms with E-state index in [4.69, 9.17) is 15.8 Å². The summed E-state index contributed by atoms with van der Waals surface area (Å²) in [5.74, 6) is -1.62. The Morgan fingerprint density at radius 2 is 1.79 bits per heavy atom. The molecule has 1 aliphatic carbocycles. The maximum absolute atomic E-state index is 13.1. The molecule has 67 valence electrons. The lowest BCUT2D eigenvalue weighted by atomic mass is 9.89. The topological polar surface area (TPSA) is 71.4 Å². The zero-order valence-corrected chi connectivity index (χ0v) is 6.75. The summed E-state index contributed by atoms with van der Waals surface area (Å²) in [5.41, 5.74) is -1.31. The van der Waals surface area contributed by atoms with Gasteiger partial charge in [-0.25, -0.2) is 8.78 Å². The highest BCUT2D eigenvalue weighted by atomic mass is 19.1. The molecule has 0 aliphatic heterocycles. The molecule has 14 heavy (non-hydrogen) atoms. The third-order valence-electron chi connectivity index (χ3n) is 1.67. The van der Waals surface area contributed by atoms with Crippen molar-refractivity contribution in [1.82, 2.24) is 0 Å². The number of alkyl halides is 1. The van der Waals surface area contributed by atoms with Crippen molar-refractivity contribution in [1.29, 1.82) is 15.8 Å². The Labute approximate surface area is 78.8 Å². The fourth-order valence-corrected chi connectivity index (χ4v) is 0.980. The highest BCUT2D eigenvalue weighted by molar-refractivity contribution is 5.58. The first-order chi connectivity index (χ1) is 6.65. The lowest BCUT2D eigenvalue weighted by molar-refractivity contribution is 0.409. The molecule has 3 nitrogen and oxygen atoms in total. The minimum atomic E-state index is -2.07. The minimum absolute atomic E-state index is 0.431. The summed E-state index contributed by atoms with van der Waals surface area (Å²) in [6.45, 7) is 0. The quantitative estimate of drug-likeness (QED) is 0.582. The highest BCUT2D eigenvalue weighted by Crippen LogP contribution is 2.32. The van der Waals surface area contributed by atoms with Gasteiger partial charge in [-0.05, 0) is 6.08 Å². The van der Waals surface area contributed by atoms with Gasteiger partial charge >= 0.3 is 0 Å². The van der Waals surface area contributed by atoms with E-state index in [1.54, 1.807) is 0 Å². The molecule has 0 fully saturated rings. The fraction of sp³-hybridized carbons (Fsp3) is 0.111. The van der Waals surface area contributed by atoms with Crippen LogP contribution in [-0.4, -0.2) is 6.17 Å². The van der Waals surface area contributed by atoms with Crippen LogP contribution in [0.4, 0.5) is 8.78 Å². The fourth-order valence-electron chi connectivity index (χ4n) is 0.980. The largest absolute Gasteiger partial charge is 0.239 e. The molecule has 1 unspecified atom stereocenters. The average molecular weight is 190 g/mol. The van der Waals surface area contributed by atoms with E-state index in [9.17, 15) is 8.78 Å². The first-order valence-corrected chi connectivity index (χ1v) is 3.48. The molecular formula is C9H2F2N3. The van der Waals surface area contributed by atoms with Crippen LogP contribution in [0.3, 0.4) is 0 Å². The average Bonchev–Trinajstić information content (AvgIpc) is 2.19. The first kappa shape index (κ1) is 9.89. The van der Waals surface area contributed by atoms with Gasteiger partial charge in [0.1, 0.15) is 23.6 Å². The van der Waals surface area contributed by atoms with Gasteiger partial charge in [0, 0.05) is 0 Å². The van der Waals surface area contributed by atoms with Crippen LogP contribution in [0.1, 0.15) is 0 Å². The summed E-state index contributed by atoms with van der Waals surface area (Å²) in [7, 11) is 0. The summed E-state index contributed by atoms with van der Waals surface area (Å²) in [6, 6.07) is 4.20. The van der Waals surface area contributed by atoms with E-state index in [2.05, 4.69) is 0 Å². The lowest BCUT2D eigenvalue weighted by Gasteiger charge is -2.14. The van der Waals surface area contributed by atoms with Gasteiger partial charge < -0.3 is 0 Å². The molecule has 0 amide bonds. The summed E-state index contributed by atoms with van der Waals surface area (Å²) < 4.78 is 26.2. The molecule has 5 heteroatoms. The molecule has 1 aliphatic rings. The zero-order valence-electron chi connectivity index (χ0n) is 6.75. The van der Waals surface area contributed by atoms with Gasteiger partial charge in [0.2, 0.25) is 0 Å². The van der Waals surface area contributed by atoms with Gasteiger partial charge in [-0.1, -0.05) is 0 Å². The molecule has 0 aromatic heterocycles. The van der Waals surface area contributed by atoms with Crippen molar-refractivity contribution in [3.63, 3.8) is 0 Å². The van der Waals surface area contributed by atoms with E-state index < -0.39 is 29.1 Å². The third-order valence-corrected chi connectivity index (χ3v) is 1.67. The molecule has 0 bridgehead atoms. The van der Waals surface area contributed by atoms with Crippen molar-refractivity contribution in [3.05, 3.63) is 29.0 Å². The van der Waals surface area contributed by atoms with Crippen LogP contribution in [-0.2, 0) is 0 Å². The maximum Gasteiger partial charge on any atom is 0.162 e. The van der Waals surface area contributed by atoms with E-state index in [0.717, 1.165) is 6.08 Å². The summed E-state index contributed by atoms with van der Waals surface area (Å²) in [5, 5.41) is 25.3. The predicted octanol–water partition coefficient (Wildman–Crippen LogP) is 1.63. The van der Waals surface area contributed by atoms with E-state index >= 15 is 0 Å². The maximum atomic E-state index is 13.1. The Hall–Kier alpha value is -2.19. The molecular weight excluding hydrogens is 188 g/mol. The number of hydrogen-bond donors (Lipinski definition) is 0. The van der Waals surface area contributed by atoms with Crippen LogP contribution in [0.5, 0.6) is 0 Å². The number of nitriles is 3. The molecule has 1 radical (unpaired) electrons. The second-order valence-corrected chi connectivity index (χ2v) is 2.44. The van der Waals surface area contributed by atoms with Gasteiger partial charge in [0.05, 0.1) is 11.6 Å². The normalized spacial score (nSPS) is 21.9. The smallest absolute Gasteiger partial charge is 0.162 e. The second kappa shape index (κ2) is 3.68. The van der Waals surface area contributed by atoms with Crippen LogP contribution in [0.15, 0.2) is 23.0 Å². The lowest BCUT2D eigenvalue weighted by Crippen LogP contribution is -2.18. The van der Waals surface area contributed by atoms with Crippen LogP contribution in [0.25, 0.3) is 0 Å². The number of rotatable bonds is 0. The van der Waals surface area contributed by atoms with Crippen molar-refractivity contribution < 1.29 is 8.78 Å². The van der Waals surface area contributed by atoms with E-state index in [1.165, 1.54) is 18.2 Å². The Morgan fingerprint density at radius 1 is 1.14 bits per heavy atom. The predicted molar refractivity (Wildman–Crippen MR) is 41.2 cm³/mol. The van der Waals surface area contributed by atoms with E-state index in [0.29, 0.717) is 0 Å². The van der Waals surface area contributed by atoms with Crippen molar-refractivity contribution in [2.75, 3.05) is 0 Å². The van der Waals surface area contributed by atoms with Gasteiger partial charge in [-0.2, -0.15) is 15.8 Å². The minimum Gasteiger partial charge on any atom is -0.239 e. The Balaban J connectivity index is 3.29. The highest BCUT2D eigenvalue weighted by Gasteiger charge is 2.33. The standard InChI is InChI=1S/C9H2F2N3/c10-8-5(2-12)1-6(3-13)9(11)7(8)4-14/h1,8H. The first-order valence-electron chi connectivity index (χ1n) is 3.48. The van der Waals surface area contributed by atoms with Gasteiger partial charge in [-0.3, -0.25) is 0 Å². The monoisotopic (exact) mass is 190 g/mol. The number of hydrogen-bond acceptors (Lipinski definition) is 3. The molecule has 1 atom stereocenters. The van der Waals surface area contributed by atoms with Crippen molar-refractivity contribution in [3.8, 4) is 18.2 Å². The van der Waals surface area contributed by atoms with Crippen molar-refractivity contribution >= 4 is 0 Å². The molecule has 1 rings (SSSR count). The molecule has 0 spiro atoms. The summed E-state index contributed by atoms with van der Waals surface area (Å²) in [4.78, 5) is 0. The molecule has 0 N–H and O–H groups in total. The molecule has 0 heterocycles. The van der Waals surface area contributed by atoms with E-state index in [1.807, 2.05) is 0 Å². The van der Waals surface area contributed by atoms with Crippen LogP contribution in [0, 0.1) is 39.9 Å². The number of nitrogens with zero attached hydrogens (tertiary/aromatic N) is 3. The van der Waals surface area contributed by atoms with Crippen molar-refractivity contribution in [2.24, 2.45) is 0 Å². The van der Waals surface area contributed by atoms with Crippen molar-refractivity contribution in [2.45, 2.75) is 6.17 Å². The van der Waals surface area contributed by atoms with Gasteiger partial charge in [-0.15, -0.1) is 0 Å². The zero-order chi connectivity index (χ0) is 10.7. The molecule has 0 aromatic carbocycles. The second-order valence-electron chi connectivity index (χ2n) is 2.44. The van der Waals surface area contributed by atoms with Crippen LogP contribution < -0.4 is 0 Å². The number of allylic oxidation sites excluding steroid dienone is 4.